The standard InChI is InChI=1S/C11H15NO2/c1-12-9-3-4-11-8(5-9)6-10(14-11)7-13-2/h3-5,10,12H,6-7H2,1-2H3. The molecule has 1 atom stereocenters. The first-order valence-electron chi connectivity index (χ1n) is 4.79. The van der Waals surface area contributed by atoms with Crippen LogP contribution in [0.2, 0.25) is 0 Å². The van der Waals surface area contributed by atoms with Gasteiger partial charge in [0, 0.05) is 26.3 Å². The normalized spacial score (nSPS) is 18.9. The summed E-state index contributed by atoms with van der Waals surface area (Å²) in [6, 6.07) is 6.16. The molecule has 0 fully saturated rings. The Kier molecular flexibility index (Phi) is 2.59. The Morgan fingerprint density at radius 1 is 1.57 bits per heavy atom. The van der Waals surface area contributed by atoms with Gasteiger partial charge in [0.1, 0.15) is 11.9 Å². The van der Waals surface area contributed by atoms with Crippen molar-refractivity contribution in [3.8, 4) is 5.75 Å². The number of ether oxygens (including phenoxy) is 2. The van der Waals surface area contributed by atoms with E-state index in [9.17, 15) is 0 Å². The summed E-state index contributed by atoms with van der Waals surface area (Å²) >= 11 is 0. The lowest BCUT2D eigenvalue weighted by atomic mass is 10.1. The lowest BCUT2D eigenvalue weighted by Gasteiger charge is -2.07. The number of benzene rings is 1. The summed E-state index contributed by atoms with van der Waals surface area (Å²) in [5.74, 6) is 0.992. The van der Waals surface area contributed by atoms with E-state index in [0.29, 0.717) is 6.61 Å². The number of rotatable bonds is 3. The maximum atomic E-state index is 5.69. The highest BCUT2D eigenvalue weighted by atomic mass is 16.5. The third-order valence-electron chi connectivity index (χ3n) is 2.44. The first-order chi connectivity index (χ1) is 6.83. The van der Waals surface area contributed by atoms with Gasteiger partial charge in [0.15, 0.2) is 0 Å². The zero-order chi connectivity index (χ0) is 9.97. The van der Waals surface area contributed by atoms with Crippen LogP contribution in [0, 0.1) is 0 Å². The summed E-state index contributed by atoms with van der Waals surface area (Å²) in [4.78, 5) is 0. The number of methoxy groups -OCH3 is 1. The number of hydrogen-bond acceptors (Lipinski definition) is 3. The van der Waals surface area contributed by atoms with Gasteiger partial charge in [-0.25, -0.2) is 0 Å². The van der Waals surface area contributed by atoms with Crippen LogP contribution < -0.4 is 10.1 Å². The molecule has 1 aliphatic heterocycles. The monoisotopic (exact) mass is 193 g/mol. The largest absolute Gasteiger partial charge is 0.487 e. The first-order valence-corrected chi connectivity index (χ1v) is 4.79. The van der Waals surface area contributed by atoms with Gasteiger partial charge in [0.2, 0.25) is 0 Å². The molecule has 3 nitrogen and oxygen atoms in total. The van der Waals surface area contributed by atoms with Gasteiger partial charge < -0.3 is 14.8 Å². The van der Waals surface area contributed by atoms with E-state index < -0.39 is 0 Å². The highest BCUT2D eigenvalue weighted by molar-refractivity contribution is 5.52. The van der Waals surface area contributed by atoms with Gasteiger partial charge in [-0.15, -0.1) is 0 Å². The number of fused-ring (bicyclic) bond motifs is 1. The van der Waals surface area contributed by atoms with Crippen molar-refractivity contribution in [3.63, 3.8) is 0 Å². The summed E-state index contributed by atoms with van der Waals surface area (Å²) in [5.41, 5.74) is 2.39. The van der Waals surface area contributed by atoms with Crippen LogP contribution in [-0.2, 0) is 11.2 Å². The Bertz CT molecular complexity index is 325. The van der Waals surface area contributed by atoms with Crippen molar-refractivity contribution in [1.29, 1.82) is 0 Å². The Balaban J connectivity index is 2.14. The van der Waals surface area contributed by atoms with Crippen LogP contribution in [0.15, 0.2) is 18.2 Å². The molecule has 76 valence electrons. The maximum Gasteiger partial charge on any atom is 0.126 e. The molecule has 0 bridgehead atoms. The van der Waals surface area contributed by atoms with Crippen molar-refractivity contribution in [2.45, 2.75) is 12.5 Å². The van der Waals surface area contributed by atoms with Crippen molar-refractivity contribution in [2.24, 2.45) is 0 Å². The predicted molar refractivity (Wildman–Crippen MR) is 56.0 cm³/mol. The molecular weight excluding hydrogens is 178 g/mol. The molecule has 0 aromatic heterocycles. The van der Waals surface area contributed by atoms with Crippen molar-refractivity contribution < 1.29 is 9.47 Å². The highest BCUT2D eigenvalue weighted by Crippen LogP contribution is 2.30. The molecule has 0 aliphatic carbocycles. The summed E-state index contributed by atoms with van der Waals surface area (Å²) in [6.07, 6.45) is 1.13. The molecule has 1 heterocycles. The Morgan fingerprint density at radius 3 is 3.14 bits per heavy atom. The van der Waals surface area contributed by atoms with Gasteiger partial charge in [-0.1, -0.05) is 0 Å². The first kappa shape index (κ1) is 9.34. The summed E-state index contributed by atoms with van der Waals surface area (Å²) < 4.78 is 10.8. The average molecular weight is 193 g/mol. The van der Waals surface area contributed by atoms with Crippen LogP contribution in [0.5, 0.6) is 5.75 Å². The molecule has 0 saturated heterocycles. The molecule has 1 aromatic rings. The second-order valence-corrected chi connectivity index (χ2v) is 3.47. The van der Waals surface area contributed by atoms with Crippen molar-refractivity contribution >= 4 is 5.69 Å². The Morgan fingerprint density at radius 2 is 2.43 bits per heavy atom. The number of anilines is 1. The predicted octanol–water partition coefficient (Wildman–Crippen LogP) is 1.68. The van der Waals surface area contributed by atoms with E-state index in [1.165, 1.54) is 5.56 Å². The zero-order valence-electron chi connectivity index (χ0n) is 8.54. The summed E-state index contributed by atoms with van der Waals surface area (Å²) in [7, 11) is 3.62. The fraction of sp³-hybridized carbons (Fsp3) is 0.455. The van der Waals surface area contributed by atoms with Crippen LogP contribution in [0.3, 0.4) is 0 Å². The van der Waals surface area contributed by atoms with E-state index in [2.05, 4.69) is 11.4 Å². The van der Waals surface area contributed by atoms with Gasteiger partial charge in [-0.05, 0) is 23.8 Å². The average Bonchev–Trinajstić information content (AvgIpc) is 2.59. The second-order valence-electron chi connectivity index (χ2n) is 3.47. The van der Waals surface area contributed by atoms with E-state index in [0.717, 1.165) is 17.9 Å². The minimum absolute atomic E-state index is 0.183. The lowest BCUT2D eigenvalue weighted by molar-refractivity contribution is 0.0951. The van der Waals surface area contributed by atoms with Gasteiger partial charge in [0.05, 0.1) is 6.61 Å². The Hall–Kier alpha value is -1.22. The van der Waals surface area contributed by atoms with Crippen LogP contribution in [0.4, 0.5) is 5.69 Å². The Labute approximate surface area is 84.0 Å². The number of hydrogen-bond donors (Lipinski definition) is 1. The van der Waals surface area contributed by atoms with Crippen LogP contribution in [0.25, 0.3) is 0 Å². The molecule has 0 spiro atoms. The molecule has 14 heavy (non-hydrogen) atoms. The highest BCUT2D eigenvalue weighted by Gasteiger charge is 2.22. The van der Waals surface area contributed by atoms with E-state index in [1.54, 1.807) is 7.11 Å². The SMILES string of the molecule is CNc1ccc2c(c1)CC(COC)O2. The molecule has 2 rings (SSSR count). The topological polar surface area (TPSA) is 30.5 Å². The maximum absolute atomic E-state index is 5.69. The van der Waals surface area contributed by atoms with Crippen molar-refractivity contribution in [3.05, 3.63) is 23.8 Å². The summed E-state index contributed by atoms with van der Waals surface area (Å²) in [5, 5.41) is 3.12. The fourth-order valence-electron chi connectivity index (χ4n) is 1.75. The third kappa shape index (κ3) is 1.68. The molecule has 0 saturated carbocycles. The second kappa shape index (κ2) is 3.88. The quantitative estimate of drug-likeness (QED) is 0.792. The molecule has 0 amide bonds. The smallest absolute Gasteiger partial charge is 0.126 e. The molecule has 1 N–H and O–H groups in total. The fourth-order valence-corrected chi connectivity index (χ4v) is 1.75. The molecular formula is C11H15NO2. The molecule has 1 aromatic carbocycles. The van der Waals surface area contributed by atoms with E-state index in [4.69, 9.17) is 9.47 Å². The zero-order valence-corrected chi connectivity index (χ0v) is 8.54. The van der Waals surface area contributed by atoms with Crippen molar-refractivity contribution in [2.75, 3.05) is 26.1 Å². The molecule has 0 radical (unpaired) electrons. The van der Waals surface area contributed by atoms with Crippen LogP contribution >= 0.6 is 0 Å². The van der Waals surface area contributed by atoms with E-state index >= 15 is 0 Å². The lowest BCUT2D eigenvalue weighted by Crippen LogP contribution is -2.19. The van der Waals surface area contributed by atoms with Crippen LogP contribution in [0.1, 0.15) is 5.56 Å². The van der Waals surface area contributed by atoms with Crippen molar-refractivity contribution in [1.82, 2.24) is 0 Å². The van der Waals surface area contributed by atoms with Gasteiger partial charge in [-0.3, -0.25) is 0 Å². The van der Waals surface area contributed by atoms with Gasteiger partial charge in [-0.2, -0.15) is 0 Å². The third-order valence-corrected chi connectivity index (χ3v) is 2.44. The summed E-state index contributed by atoms with van der Waals surface area (Å²) in [6.45, 7) is 0.656. The molecule has 1 unspecified atom stereocenters. The minimum atomic E-state index is 0.183. The minimum Gasteiger partial charge on any atom is -0.487 e. The molecule has 3 heteroatoms. The van der Waals surface area contributed by atoms with E-state index in [-0.39, 0.29) is 6.10 Å². The number of nitrogens with one attached hydrogen (secondary N) is 1. The van der Waals surface area contributed by atoms with Gasteiger partial charge in [0.25, 0.3) is 0 Å². The van der Waals surface area contributed by atoms with Crippen LogP contribution in [-0.4, -0.2) is 26.9 Å². The van der Waals surface area contributed by atoms with Gasteiger partial charge >= 0.3 is 0 Å². The van der Waals surface area contributed by atoms with E-state index in [1.807, 2.05) is 19.2 Å². The molecule has 1 aliphatic rings.